The minimum atomic E-state index is -1.06. The van der Waals surface area contributed by atoms with Crippen molar-refractivity contribution >= 4 is 27.6 Å². The van der Waals surface area contributed by atoms with E-state index in [0.717, 1.165) is 10.6 Å². The van der Waals surface area contributed by atoms with Gasteiger partial charge in [0.15, 0.2) is 0 Å². The van der Waals surface area contributed by atoms with Crippen LogP contribution < -0.4 is 10.9 Å². The number of H-pyrrole nitrogens is 1. The molecule has 3 N–H and O–H groups in total. The summed E-state index contributed by atoms with van der Waals surface area (Å²) < 4.78 is 0.545. The first kappa shape index (κ1) is 16.1. The standard InChI is InChI=1S/C15H15N5O3S/c1-8(6-17-15(22)23)4-12-19-10-5-11(9-2-3-16-7-18-9)24-13(10)14(21)20-12/h2-3,5,7-8,17H,4,6H2,1H3,(H,22,23)(H,19,20,21)/t8-/m0/s1. The summed E-state index contributed by atoms with van der Waals surface area (Å²) in [6.07, 6.45) is 2.52. The highest BCUT2D eigenvalue weighted by Crippen LogP contribution is 2.29. The van der Waals surface area contributed by atoms with Crippen LogP contribution in [0, 0.1) is 5.92 Å². The molecule has 0 unspecified atom stereocenters. The molecule has 0 radical (unpaired) electrons. The number of hydrogen-bond donors (Lipinski definition) is 3. The lowest BCUT2D eigenvalue weighted by atomic mass is 10.1. The molecule has 24 heavy (non-hydrogen) atoms. The van der Waals surface area contributed by atoms with E-state index in [4.69, 9.17) is 5.11 Å². The zero-order chi connectivity index (χ0) is 17.1. The second kappa shape index (κ2) is 6.75. The number of fused-ring (bicyclic) bond motifs is 1. The highest BCUT2D eigenvalue weighted by Gasteiger charge is 2.13. The number of carbonyl (C=O) groups is 1. The number of aromatic amines is 1. The van der Waals surface area contributed by atoms with E-state index in [1.54, 1.807) is 12.3 Å². The lowest BCUT2D eigenvalue weighted by Crippen LogP contribution is -2.28. The Morgan fingerprint density at radius 1 is 1.50 bits per heavy atom. The summed E-state index contributed by atoms with van der Waals surface area (Å²) in [5.41, 5.74) is 1.16. The van der Waals surface area contributed by atoms with Gasteiger partial charge in [-0.25, -0.2) is 19.7 Å². The molecule has 0 aromatic carbocycles. The Kier molecular flexibility index (Phi) is 4.52. The molecule has 0 spiro atoms. The second-order valence-electron chi connectivity index (χ2n) is 5.43. The van der Waals surface area contributed by atoms with Crippen LogP contribution in [0.2, 0.25) is 0 Å². The van der Waals surface area contributed by atoms with E-state index >= 15 is 0 Å². The van der Waals surface area contributed by atoms with Gasteiger partial charge in [0.2, 0.25) is 0 Å². The largest absolute Gasteiger partial charge is 0.465 e. The van der Waals surface area contributed by atoms with Crippen molar-refractivity contribution in [1.82, 2.24) is 25.3 Å². The fourth-order valence-electron chi connectivity index (χ4n) is 2.31. The van der Waals surface area contributed by atoms with Crippen molar-refractivity contribution in [3.05, 3.63) is 40.8 Å². The quantitative estimate of drug-likeness (QED) is 0.649. The third-order valence-electron chi connectivity index (χ3n) is 3.41. The van der Waals surface area contributed by atoms with Crippen molar-refractivity contribution in [2.24, 2.45) is 5.92 Å². The molecule has 0 fully saturated rings. The first-order valence-corrected chi connectivity index (χ1v) is 8.10. The average Bonchev–Trinajstić information content (AvgIpc) is 2.98. The molecule has 0 bridgehead atoms. The highest BCUT2D eigenvalue weighted by molar-refractivity contribution is 7.22. The predicted octanol–water partition coefficient (Wildman–Crippen LogP) is 1.89. The van der Waals surface area contributed by atoms with E-state index < -0.39 is 6.09 Å². The molecule has 3 aromatic heterocycles. The Bertz CT molecular complexity index is 922. The summed E-state index contributed by atoms with van der Waals surface area (Å²) in [4.78, 5) is 39.0. The van der Waals surface area contributed by atoms with Crippen LogP contribution in [0.1, 0.15) is 12.7 Å². The first-order chi connectivity index (χ1) is 11.5. The third kappa shape index (κ3) is 3.57. The van der Waals surface area contributed by atoms with Crippen molar-refractivity contribution in [2.75, 3.05) is 6.54 Å². The maximum Gasteiger partial charge on any atom is 0.404 e. The van der Waals surface area contributed by atoms with Gasteiger partial charge < -0.3 is 15.4 Å². The molecule has 0 aliphatic carbocycles. The van der Waals surface area contributed by atoms with Gasteiger partial charge in [-0.1, -0.05) is 6.92 Å². The summed E-state index contributed by atoms with van der Waals surface area (Å²) in [7, 11) is 0. The van der Waals surface area contributed by atoms with Gasteiger partial charge in [-0.2, -0.15) is 0 Å². The topological polar surface area (TPSA) is 121 Å². The van der Waals surface area contributed by atoms with Gasteiger partial charge in [0, 0.05) is 19.2 Å². The van der Waals surface area contributed by atoms with Gasteiger partial charge in [-0.3, -0.25) is 4.79 Å². The van der Waals surface area contributed by atoms with Gasteiger partial charge in [-0.05, 0) is 18.1 Å². The van der Waals surface area contributed by atoms with E-state index in [1.807, 2.05) is 13.0 Å². The average molecular weight is 345 g/mol. The second-order valence-corrected chi connectivity index (χ2v) is 6.48. The number of rotatable bonds is 5. The lowest BCUT2D eigenvalue weighted by molar-refractivity contribution is 0.192. The molecule has 0 aliphatic heterocycles. The van der Waals surface area contributed by atoms with Crippen LogP contribution in [-0.4, -0.2) is 37.7 Å². The molecule has 0 saturated heterocycles. The van der Waals surface area contributed by atoms with Gasteiger partial charge in [0.1, 0.15) is 16.9 Å². The number of nitrogens with one attached hydrogen (secondary N) is 2. The van der Waals surface area contributed by atoms with Gasteiger partial charge >= 0.3 is 6.09 Å². The van der Waals surface area contributed by atoms with Crippen LogP contribution in [-0.2, 0) is 6.42 Å². The van der Waals surface area contributed by atoms with Crippen LogP contribution in [0.3, 0.4) is 0 Å². The Balaban J connectivity index is 1.87. The molecule has 8 nitrogen and oxygen atoms in total. The van der Waals surface area contributed by atoms with E-state index in [1.165, 1.54) is 17.7 Å². The van der Waals surface area contributed by atoms with Crippen LogP contribution in [0.25, 0.3) is 20.8 Å². The molecule has 1 atom stereocenters. The van der Waals surface area contributed by atoms with Crippen molar-refractivity contribution in [3.8, 4) is 10.6 Å². The smallest absolute Gasteiger partial charge is 0.404 e. The molecule has 124 valence electrons. The van der Waals surface area contributed by atoms with Crippen LogP contribution in [0.5, 0.6) is 0 Å². The molecular weight excluding hydrogens is 330 g/mol. The van der Waals surface area contributed by atoms with Crippen molar-refractivity contribution in [3.63, 3.8) is 0 Å². The lowest BCUT2D eigenvalue weighted by Gasteiger charge is -2.10. The Labute approximate surface area is 140 Å². The van der Waals surface area contributed by atoms with Crippen molar-refractivity contribution < 1.29 is 9.90 Å². The molecule has 3 aromatic rings. The van der Waals surface area contributed by atoms with Gasteiger partial charge in [-0.15, -0.1) is 11.3 Å². The molecule has 3 rings (SSSR count). The van der Waals surface area contributed by atoms with E-state index in [9.17, 15) is 9.59 Å². The zero-order valence-electron chi connectivity index (χ0n) is 12.8. The molecule has 3 heterocycles. The highest BCUT2D eigenvalue weighted by atomic mass is 32.1. The SMILES string of the molecule is C[C@H](CNC(=O)O)Cc1nc2cc(-c3ccncn3)sc2c(=O)[nH]1. The summed E-state index contributed by atoms with van der Waals surface area (Å²) in [6.45, 7) is 2.19. The van der Waals surface area contributed by atoms with Crippen LogP contribution >= 0.6 is 11.3 Å². The summed E-state index contributed by atoms with van der Waals surface area (Å²) >= 11 is 1.33. The summed E-state index contributed by atoms with van der Waals surface area (Å²) in [5, 5.41) is 11.0. The number of nitrogens with zero attached hydrogens (tertiary/aromatic N) is 3. The Hall–Kier alpha value is -2.81. The minimum Gasteiger partial charge on any atom is -0.465 e. The van der Waals surface area contributed by atoms with Crippen LogP contribution in [0.4, 0.5) is 4.79 Å². The third-order valence-corrected chi connectivity index (χ3v) is 4.56. The van der Waals surface area contributed by atoms with Gasteiger partial charge in [0.25, 0.3) is 5.56 Å². The van der Waals surface area contributed by atoms with Crippen molar-refractivity contribution in [1.29, 1.82) is 0 Å². The van der Waals surface area contributed by atoms with Gasteiger partial charge in [0.05, 0.1) is 16.1 Å². The normalized spacial score (nSPS) is 12.2. The Morgan fingerprint density at radius 2 is 2.33 bits per heavy atom. The van der Waals surface area contributed by atoms with E-state index in [2.05, 4.69) is 25.3 Å². The Morgan fingerprint density at radius 3 is 3.04 bits per heavy atom. The zero-order valence-corrected chi connectivity index (χ0v) is 13.6. The summed E-state index contributed by atoms with van der Waals surface area (Å²) in [6, 6.07) is 3.61. The fourth-order valence-corrected chi connectivity index (χ4v) is 3.28. The maximum atomic E-state index is 12.3. The molecule has 9 heteroatoms. The monoisotopic (exact) mass is 345 g/mol. The fraction of sp³-hybridized carbons (Fsp3) is 0.267. The number of carboxylic acid groups (broad SMARTS) is 1. The first-order valence-electron chi connectivity index (χ1n) is 7.29. The predicted molar refractivity (Wildman–Crippen MR) is 90.2 cm³/mol. The minimum absolute atomic E-state index is 0.0154. The number of aromatic nitrogens is 4. The summed E-state index contributed by atoms with van der Waals surface area (Å²) in [5.74, 6) is 0.556. The molecule has 0 saturated carbocycles. The van der Waals surface area contributed by atoms with Crippen LogP contribution in [0.15, 0.2) is 29.5 Å². The maximum absolute atomic E-state index is 12.3. The van der Waals surface area contributed by atoms with E-state index in [-0.39, 0.29) is 11.5 Å². The number of hydrogen-bond acceptors (Lipinski definition) is 6. The number of amides is 1. The molecular formula is C15H15N5O3S. The van der Waals surface area contributed by atoms with Crippen molar-refractivity contribution in [2.45, 2.75) is 13.3 Å². The molecule has 1 amide bonds. The van der Waals surface area contributed by atoms with E-state index in [0.29, 0.717) is 29.0 Å². The molecule has 0 aliphatic rings. The number of thiophene rings is 1.